The van der Waals surface area contributed by atoms with Gasteiger partial charge in [0, 0.05) is 25.6 Å². The molecule has 6 nitrogen and oxygen atoms in total. The van der Waals surface area contributed by atoms with Crippen molar-refractivity contribution in [3.8, 4) is 0 Å². The van der Waals surface area contributed by atoms with Gasteiger partial charge in [0.2, 0.25) is 5.91 Å². The Kier molecular flexibility index (Phi) is 6.00. The van der Waals surface area contributed by atoms with Crippen LogP contribution in [0.25, 0.3) is 0 Å². The number of likely N-dealkylation sites (tertiary alicyclic amines) is 1. The number of aliphatic hydroxyl groups is 1. The van der Waals surface area contributed by atoms with E-state index >= 15 is 0 Å². The molecular formula is C16H24N2O4. The number of furan rings is 1. The molecule has 0 bridgehead atoms. The lowest BCUT2D eigenvalue weighted by Crippen LogP contribution is -2.43. The summed E-state index contributed by atoms with van der Waals surface area (Å²) in [6.45, 7) is 3.58. The van der Waals surface area contributed by atoms with E-state index in [0.717, 1.165) is 0 Å². The van der Waals surface area contributed by atoms with Gasteiger partial charge in [-0.25, -0.2) is 0 Å². The highest BCUT2D eigenvalue weighted by atomic mass is 16.3. The third-order valence-corrected chi connectivity index (χ3v) is 4.17. The maximum Gasteiger partial charge on any atom is 0.257 e. The molecule has 0 saturated carbocycles. The number of carbonyl (C=O) groups is 2. The van der Waals surface area contributed by atoms with Crippen LogP contribution in [0, 0.1) is 5.92 Å². The molecule has 1 fully saturated rings. The topological polar surface area (TPSA) is 82.8 Å². The predicted octanol–water partition coefficient (Wildman–Crippen LogP) is 1.41. The Balaban J connectivity index is 1.72. The lowest BCUT2D eigenvalue weighted by atomic mass is 9.95. The summed E-state index contributed by atoms with van der Waals surface area (Å²) in [6, 6.07) is 1.65. The molecule has 22 heavy (non-hydrogen) atoms. The first-order chi connectivity index (χ1) is 10.6. The Hall–Kier alpha value is -1.82. The molecule has 1 aliphatic heterocycles. The van der Waals surface area contributed by atoms with Gasteiger partial charge in [0.15, 0.2) is 0 Å². The second-order valence-electron chi connectivity index (χ2n) is 5.72. The van der Waals surface area contributed by atoms with E-state index in [1.807, 2.05) is 6.92 Å². The molecule has 2 N–H and O–H groups in total. The van der Waals surface area contributed by atoms with Crippen molar-refractivity contribution in [2.24, 2.45) is 5.92 Å². The first kappa shape index (κ1) is 16.5. The minimum atomic E-state index is -0.352. The van der Waals surface area contributed by atoms with Crippen molar-refractivity contribution < 1.29 is 19.1 Å². The Bertz CT molecular complexity index is 478. The molecule has 1 unspecified atom stereocenters. The van der Waals surface area contributed by atoms with Crippen molar-refractivity contribution in [3.63, 3.8) is 0 Å². The van der Waals surface area contributed by atoms with Gasteiger partial charge in [-0.15, -0.1) is 0 Å². The second-order valence-corrected chi connectivity index (χ2v) is 5.72. The summed E-state index contributed by atoms with van der Waals surface area (Å²) in [5.74, 6) is -0.0652. The van der Waals surface area contributed by atoms with Gasteiger partial charge in [-0.05, 0) is 31.7 Å². The molecule has 2 heterocycles. The number of piperidine rings is 1. The largest absolute Gasteiger partial charge is 0.472 e. The molecule has 122 valence electrons. The van der Waals surface area contributed by atoms with E-state index in [1.54, 1.807) is 11.0 Å². The summed E-state index contributed by atoms with van der Waals surface area (Å²) in [5, 5.41) is 12.3. The average molecular weight is 308 g/mol. The van der Waals surface area contributed by atoms with Crippen molar-refractivity contribution in [2.45, 2.75) is 38.7 Å². The summed E-state index contributed by atoms with van der Waals surface area (Å²) >= 11 is 0. The van der Waals surface area contributed by atoms with Gasteiger partial charge in [0.05, 0.1) is 17.9 Å². The van der Waals surface area contributed by atoms with Crippen molar-refractivity contribution >= 4 is 11.8 Å². The quantitative estimate of drug-likeness (QED) is 0.832. The standard InChI is InChI=1S/C16H24N2O4/c1-2-14(19)3-7-17-15(20)12-4-8-18(9-5-12)16(21)13-6-10-22-11-13/h6,10-12,14,19H,2-5,7-9H2,1H3,(H,17,20). The number of carbonyl (C=O) groups excluding carboxylic acids is 2. The third-order valence-electron chi connectivity index (χ3n) is 4.17. The number of nitrogens with one attached hydrogen (secondary N) is 1. The zero-order valence-corrected chi connectivity index (χ0v) is 13.0. The fourth-order valence-corrected chi connectivity index (χ4v) is 2.62. The molecule has 6 heteroatoms. The van der Waals surface area contributed by atoms with Crippen LogP contribution >= 0.6 is 0 Å². The number of amides is 2. The molecular weight excluding hydrogens is 284 g/mol. The summed E-state index contributed by atoms with van der Waals surface area (Å²) in [4.78, 5) is 26.0. The van der Waals surface area contributed by atoms with Crippen LogP contribution in [0.5, 0.6) is 0 Å². The minimum Gasteiger partial charge on any atom is -0.472 e. The lowest BCUT2D eigenvalue weighted by Gasteiger charge is -2.31. The summed E-state index contributed by atoms with van der Waals surface area (Å²) in [5.41, 5.74) is 0.552. The molecule has 0 aromatic carbocycles. The molecule has 1 saturated heterocycles. The van der Waals surface area contributed by atoms with Crippen LogP contribution in [0.15, 0.2) is 23.0 Å². The molecule has 1 aromatic rings. The van der Waals surface area contributed by atoms with Crippen molar-refractivity contribution in [2.75, 3.05) is 19.6 Å². The number of rotatable bonds is 6. The molecule has 0 radical (unpaired) electrons. The average Bonchev–Trinajstić information content (AvgIpc) is 3.08. The van der Waals surface area contributed by atoms with E-state index in [4.69, 9.17) is 4.42 Å². The van der Waals surface area contributed by atoms with E-state index in [0.29, 0.717) is 50.9 Å². The number of hydrogen-bond donors (Lipinski definition) is 2. The molecule has 0 aliphatic carbocycles. The SMILES string of the molecule is CCC(O)CCNC(=O)C1CCN(C(=O)c2ccoc2)CC1. The Labute approximate surface area is 130 Å². The number of nitrogens with zero attached hydrogens (tertiary/aromatic N) is 1. The Morgan fingerprint density at radius 3 is 2.77 bits per heavy atom. The van der Waals surface area contributed by atoms with E-state index in [2.05, 4.69) is 5.32 Å². The summed E-state index contributed by atoms with van der Waals surface area (Å²) in [6.07, 6.45) is 5.20. The third kappa shape index (κ3) is 4.34. The maximum atomic E-state index is 12.2. The highest BCUT2D eigenvalue weighted by molar-refractivity contribution is 5.94. The molecule has 1 aliphatic rings. The van der Waals surface area contributed by atoms with E-state index < -0.39 is 0 Å². The fraction of sp³-hybridized carbons (Fsp3) is 0.625. The fourth-order valence-electron chi connectivity index (χ4n) is 2.62. The van der Waals surface area contributed by atoms with Gasteiger partial charge in [-0.3, -0.25) is 9.59 Å². The normalized spacial score (nSPS) is 17.3. The zero-order valence-electron chi connectivity index (χ0n) is 13.0. The van der Waals surface area contributed by atoms with Gasteiger partial charge in [0.25, 0.3) is 5.91 Å². The van der Waals surface area contributed by atoms with Crippen molar-refractivity contribution in [1.29, 1.82) is 0 Å². The molecule has 1 atom stereocenters. The van der Waals surface area contributed by atoms with E-state index in [-0.39, 0.29) is 23.8 Å². The maximum absolute atomic E-state index is 12.2. The van der Waals surface area contributed by atoms with Gasteiger partial charge in [-0.1, -0.05) is 6.92 Å². The number of aliphatic hydroxyl groups excluding tert-OH is 1. The highest BCUT2D eigenvalue weighted by Gasteiger charge is 2.27. The first-order valence-electron chi connectivity index (χ1n) is 7.89. The highest BCUT2D eigenvalue weighted by Crippen LogP contribution is 2.19. The first-order valence-corrected chi connectivity index (χ1v) is 7.89. The van der Waals surface area contributed by atoms with Crippen molar-refractivity contribution in [1.82, 2.24) is 10.2 Å². The summed E-state index contributed by atoms with van der Waals surface area (Å²) < 4.78 is 4.93. The second kappa shape index (κ2) is 7.98. The van der Waals surface area contributed by atoms with Gasteiger partial charge >= 0.3 is 0 Å². The van der Waals surface area contributed by atoms with Gasteiger partial charge < -0.3 is 19.7 Å². The van der Waals surface area contributed by atoms with E-state index in [1.165, 1.54) is 12.5 Å². The van der Waals surface area contributed by atoms with Crippen LogP contribution in [0.1, 0.15) is 43.0 Å². The lowest BCUT2D eigenvalue weighted by molar-refractivity contribution is -0.126. The number of hydrogen-bond acceptors (Lipinski definition) is 4. The van der Waals surface area contributed by atoms with E-state index in [9.17, 15) is 14.7 Å². The zero-order chi connectivity index (χ0) is 15.9. The predicted molar refractivity (Wildman–Crippen MR) is 81.3 cm³/mol. The molecule has 2 rings (SSSR count). The van der Waals surface area contributed by atoms with Gasteiger partial charge in [-0.2, -0.15) is 0 Å². The minimum absolute atomic E-state index is 0.0266. The van der Waals surface area contributed by atoms with Crippen LogP contribution in [0.4, 0.5) is 0 Å². The summed E-state index contributed by atoms with van der Waals surface area (Å²) in [7, 11) is 0. The molecule has 1 aromatic heterocycles. The van der Waals surface area contributed by atoms with Crippen LogP contribution in [0.2, 0.25) is 0 Å². The smallest absolute Gasteiger partial charge is 0.257 e. The van der Waals surface area contributed by atoms with Gasteiger partial charge in [0.1, 0.15) is 6.26 Å². The molecule has 2 amide bonds. The van der Waals surface area contributed by atoms with Crippen LogP contribution in [-0.4, -0.2) is 47.6 Å². The molecule has 0 spiro atoms. The monoisotopic (exact) mass is 308 g/mol. The van der Waals surface area contributed by atoms with Crippen molar-refractivity contribution in [3.05, 3.63) is 24.2 Å². The van der Waals surface area contributed by atoms with Crippen LogP contribution in [-0.2, 0) is 4.79 Å². The van der Waals surface area contributed by atoms with Crippen LogP contribution < -0.4 is 5.32 Å². The Morgan fingerprint density at radius 1 is 1.45 bits per heavy atom. The Morgan fingerprint density at radius 2 is 2.18 bits per heavy atom. The van der Waals surface area contributed by atoms with Crippen LogP contribution in [0.3, 0.4) is 0 Å².